The van der Waals surface area contributed by atoms with Crippen molar-refractivity contribution >= 4 is 11.6 Å². The molecule has 0 amide bonds. The van der Waals surface area contributed by atoms with Gasteiger partial charge >= 0.3 is 0 Å². The minimum Gasteiger partial charge on any atom is -0.275 e. The Hall–Kier alpha value is -1.42. The van der Waals surface area contributed by atoms with Crippen LogP contribution in [0.25, 0.3) is 11.3 Å². The number of halogens is 1. The van der Waals surface area contributed by atoms with E-state index in [1.165, 1.54) is 0 Å². The van der Waals surface area contributed by atoms with Gasteiger partial charge in [-0.2, -0.15) is 5.10 Å². The zero-order valence-electron chi connectivity index (χ0n) is 9.53. The van der Waals surface area contributed by atoms with Crippen LogP contribution in [0.3, 0.4) is 0 Å². The Labute approximate surface area is 99.3 Å². The molecule has 0 atom stereocenters. The molecule has 84 valence electrons. The lowest BCUT2D eigenvalue weighted by molar-refractivity contribution is 0.768. The van der Waals surface area contributed by atoms with Crippen molar-refractivity contribution in [3.63, 3.8) is 0 Å². The highest BCUT2D eigenvalue weighted by Crippen LogP contribution is 2.25. The molecule has 4 nitrogen and oxygen atoms in total. The minimum absolute atomic E-state index is 0.519. The van der Waals surface area contributed by atoms with Gasteiger partial charge in [-0.25, -0.2) is 9.97 Å². The van der Waals surface area contributed by atoms with Gasteiger partial charge in [-0.15, -0.1) is 0 Å². The van der Waals surface area contributed by atoms with Gasteiger partial charge in [0.1, 0.15) is 11.0 Å². The van der Waals surface area contributed by atoms with Crippen LogP contribution in [0.5, 0.6) is 0 Å². The van der Waals surface area contributed by atoms with Gasteiger partial charge in [-0.05, 0) is 6.92 Å². The van der Waals surface area contributed by atoms with Crippen molar-refractivity contribution in [3.05, 3.63) is 28.9 Å². The van der Waals surface area contributed by atoms with Crippen molar-refractivity contribution < 1.29 is 0 Å². The van der Waals surface area contributed by atoms with Crippen molar-refractivity contribution in [2.24, 2.45) is 7.05 Å². The molecule has 0 aliphatic heterocycles. The molecule has 0 spiro atoms. The average molecular weight is 237 g/mol. The zero-order chi connectivity index (χ0) is 11.7. The second-order valence-electron chi connectivity index (χ2n) is 3.66. The Morgan fingerprint density at radius 1 is 1.38 bits per heavy atom. The number of hydrogen-bond acceptors (Lipinski definition) is 3. The van der Waals surface area contributed by atoms with Gasteiger partial charge in [0.15, 0.2) is 0 Å². The zero-order valence-corrected chi connectivity index (χ0v) is 10.3. The second-order valence-corrected chi connectivity index (χ2v) is 4.02. The highest BCUT2D eigenvalue weighted by molar-refractivity contribution is 6.30. The molecule has 0 saturated heterocycles. The molecule has 0 unspecified atom stereocenters. The van der Waals surface area contributed by atoms with Gasteiger partial charge < -0.3 is 0 Å². The van der Waals surface area contributed by atoms with E-state index < -0.39 is 0 Å². The van der Waals surface area contributed by atoms with E-state index in [4.69, 9.17) is 11.6 Å². The van der Waals surface area contributed by atoms with E-state index in [2.05, 4.69) is 15.1 Å². The van der Waals surface area contributed by atoms with E-state index in [-0.39, 0.29) is 0 Å². The molecule has 0 saturated carbocycles. The summed E-state index contributed by atoms with van der Waals surface area (Å²) in [6.07, 6.45) is 4.48. The molecule has 0 fully saturated rings. The lowest BCUT2D eigenvalue weighted by Crippen LogP contribution is -1.99. The van der Waals surface area contributed by atoms with Crippen LogP contribution in [-0.2, 0) is 13.5 Å². The third-order valence-electron chi connectivity index (χ3n) is 2.43. The molecule has 16 heavy (non-hydrogen) atoms. The van der Waals surface area contributed by atoms with Gasteiger partial charge in [0.2, 0.25) is 0 Å². The van der Waals surface area contributed by atoms with Gasteiger partial charge in [-0.1, -0.05) is 18.5 Å². The molecule has 2 heterocycles. The highest BCUT2D eigenvalue weighted by Gasteiger charge is 2.11. The lowest BCUT2D eigenvalue weighted by atomic mass is 10.1. The van der Waals surface area contributed by atoms with E-state index in [9.17, 15) is 0 Å². The maximum atomic E-state index is 6.08. The first kappa shape index (κ1) is 11.1. The van der Waals surface area contributed by atoms with E-state index in [0.717, 1.165) is 29.1 Å². The molecule has 0 radical (unpaired) electrons. The molecular weight excluding hydrogens is 224 g/mol. The van der Waals surface area contributed by atoms with Crippen LogP contribution in [-0.4, -0.2) is 19.7 Å². The number of hydrogen-bond donors (Lipinski definition) is 0. The summed E-state index contributed by atoms with van der Waals surface area (Å²) in [5.41, 5.74) is 2.73. The van der Waals surface area contributed by atoms with Crippen LogP contribution in [0.15, 0.2) is 12.4 Å². The molecule has 0 aromatic carbocycles. The van der Waals surface area contributed by atoms with Crippen molar-refractivity contribution in [1.82, 2.24) is 19.7 Å². The molecule has 0 aliphatic carbocycles. The quantitative estimate of drug-likeness (QED) is 0.752. The summed E-state index contributed by atoms with van der Waals surface area (Å²) in [5, 5.41) is 4.65. The van der Waals surface area contributed by atoms with Gasteiger partial charge in [0, 0.05) is 30.8 Å². The minimum atomic E-state index is 0.519. The fraction of sp³-hybridized carbons (Fsp3) is 0.364. The molecule has 0 bridgehead atoms. The van der Waals surface area contributed by atoms with Crippen LogP contribution in [0, 0.1) is 6.92 Å². The van der Waals surface area contributed by atoms with E-state index in [1.54, 1.807) is 10.9 Å². The Morgan fingerprint density at radius 3 is 2.69 bits per heavy atom. The van der Waals surface area contributed by atoms with Crippen LogP contribution < -0.4 is 0 Å². The fourth-order valence-corrected chi connectivity index (χ4v) is 1.70. The summed E-state index contributed by atoms with van der Waals surface area (Å²) in [7, 11) is 1.88. The monoisotopic (exact) mass is 236 g/mol. The normalized spacial score (nSPS) is 10.8. The first-order chi connectivity index (χ1) is 7.61. The van der Waals surface area contributed by atoms with E-state index >= 15 is 0 Å². The predicted octanol–water partition coefficient (Wildman–Crippen LogP) is 2.40. The van der Waals surface area contributed by atoms with Crippen molar-refractivity contribution in [2.45, 2.75) is 20.3 Å². The standard InChI is InChI=1S/C11H13ClN4/c1-4-9-14-10(7(2)11(12)15-9)8-5-13-16(3)6-8/h5-6H,4H2,1-3H3. The lowest BCUT2D eigenvalue weighted by Gasteiger charge is -2.06. The molecule has 2 aromatic heterocycles. The molecular formula is C11H13ClN4. The summed E-state index contributed by atoms with van der Waals surface area (Å²) in [6.45, 7) is 3.93. The van der Waals surface area contributed by atoms with Crippen LogP contribution in [0.2, 0.25) is 5.15 Å². The summed E-state index contributed by atoms with van der Waals surface area (Å²) in [5.74, 6) is 0.759. The molecule has 5 heteroatoms. The third kappa shape index (κ3) is 1.93. The highest BCUT2D eigenvalue weighted by atomic mass is 35.5. The van der Waals surface area contributed by atoms with Crippen LogP contribution in [0.1, 0.15) is 18.3 Å². The average Bonchev–Trinajstić information content (AvgIpc) is 2.68. The van der Waals surface area contributed by atoms with Gasteiger partial charge in [0.25, 0.3) is 0 Å². The van der Waals surface area contributed by atoms with Crippen molar-refractivity contribution in [3.8, 4) is 11.3 Å². The number of nitrogens with zero attached hydrogens (tertiary/aromatic N) is 4. The van der Waals surface area contributed by atoms with Crippen molar-refractivity contribution in [1.29, 1.82) is 0 Å². The van der Waals surface area contributed by atoms with Crippen LogP contribution >= 0.6 is 11.6 Å². The topological polar surface area (TPSA) is 43.6 Å². The SMILES string of the molecule is CCc1nc(Cl)c(C)c(-c2cnn(C)c2)n1. The van der Waals surface area contributed by atoms with E-state index in [0.29, 0.717) is 5.15 Å². The van der Waals surface area contributed by atoms with Gasteiger partial charge in [0.05, 0.1) is 11.9 Å². The summed E-state index contributed by atoms with van der Waals surface area (Å²) in [4.78, 5) is 8.70. The maximum absolute atomic E-state index is 6.08. The van der Waals surface area contributed by atoms with E-state index in [1.807, 2.05) is 27.1 Å². The number of rotatable bonds is 2. The maximum Gasteiger partial charge on any atom is 0.136 e. The van der Waals surface area contributed by atoms with Crippen molar-refractivity contribution in [2.75, 3.05) is 0 Å². The Bertz CT molecular complexity index is 519. The number of aromatic nitrogens is 4. The Kier molecular flexibility index (Phi) is 2.92. The summed E-state index contributed by atoms with van der Waals surface area (Å²) in [6, 6.07) is 0. The summed E-state index contributed by atoms with van der Waals surface area (Å²) < 4.78 is 1.75. The Balaban J connectivity index is 2.59. The van der Waals surface area contributed by atoms with Gasteiger partial charge in [-0.3, -0.25) is 4.68 Å². The molecule has 0 aliphatic rings. The molecule has 2 aromatic rings. The predicted molar refractivity (Wildman–Crippen MR) is 63.4 cm³/mol. The first-order valence-corrected chi connectivity index (χ1v) is 5.51. The fourth-order valence-electron chi connectivity index (χ4n) is 1.52. The smallest absolute Gasteiger partial charge is 0.136 e. The molecule has 2 rings (SSSR count). The second kappa shape index (κ2) is 4.22. The third-order valence-corrected chi connectivity index (χ3v) is 2.80. The Morgan fingerprint density at radius 2 is 2.12 bits per heavy atom. The number of aryl methyl sites for hydroxylation is 2. The first-order valence-electron chi connectivity index (χ1n) is 5.14. The van der Waals surface area contributed by atoms with Crippen LogP contribution in [0.4, 0.5) is 0 Å². The molecule has 0 N–H and O–H groups in total. The summed E-state index contributed by atoms with van der Waals surface area (Å²) >= 11 is 6.08. The largest absolute Gasteiger partial charge is 0.275 e.